The van der Waals surface area contributed by atoms with Crippen LogP contribution in [-0.4, -0.2) is 37.0 Å². The summed E-state index contributed by atoms with van der Waals surface area (Å²) >= 11 is 0. The van der Waals surface area contributed by atoms with Crippen molar-refractivity contribution >= 4 is 0 Å². The van der Waals surface area contributed by atoms with Crippen LogP contribution in [0, 0.1) is 0 Å². The molecule has 0 aromatic rings. The molecule has 0 spiro atoms. The lowest BCUT2D eigenvalue weighted by Gasteiger charge is -2.26. The lowest BCUT2D eigenvalue weighted by molar-refractivity contribution is -0.909. The van der Waals surface area contributed by atoms with Gasteiger partial charge in [-0.05, 0) is 12.8 Å². The van der Waals surface area contributed by atoms with Crippen LogP contribution in [0.2, 0.25) is 0 Å². The highest BCUT2D eigenvalue weighted by Gasteiger charge is 2.11. The fourth-order valence-electron chi connectivity index (χ4n) is 2.81. The van der Waals surface area contributed by atoms with Crippen molar-refractivity contribution in [3.63, 3.8) is 0 Å². The summed E-state index contributed by atoms with van der Waals surface area (Å²) in [5.41, 5.74) is 0. The molecule has 3 heteroatoms. The highest BCUT2D eigenvalue weighted by Crippen LogP contribution is 2.13. The predicted molar refractivity (Wildman–Crippen MR) is 94.4 cm³/mol. The number of nitrogens with zero attached hydrogens (tertiary/aromatic N) is 1. The maximum Gasteiger partial charge on any atom is 0.179 e. The van der Waals surface area contributed by atoms with Gasteiger partial charge in [-0.3, -0.25) is 0 Å². The Hall–Kier alpha value is 0.650. The normalized spacial score (nSPS) is 11.5. The number of quaternary nitrogens is 1. The molecule has 1 N–H and O–H groups in total. The number of halogens is 1. The molecule has 0 aliphatic rings. The Kier molecular flexibility index (Phi) is 20.4. The van der Waals surface area contributed by atoms with Crippen LogP contribution in [0.4, 0.5) is 0 Å². The first-order valence-corrected chi connectivity index (χ1v) is 9.55. The monoisotopic (exact) mass is 427 g/mol. The number of hydrogen-bond donors (Lipinski definition) is 1. The summed E-state index contributed by atoms with van der Waals surface area (Å²) in [5.74, 6) is 0. The first kappa shape index (κ1) is 24.9. The van der Waals surface area contributed by atoms with E-state index in [0.29, 0.717) is 0 Å². The summed E-state index contributed by atoms with van der Waals surface area (Å²) in [6.07, 6.45) is 19.7. The minimum absolute atomic E-state index is 0. The van der Waals surface area contributed by atoms with Gasteiger partial charge in [0, 0.05) is 0 Å². The van der Waals surface area contributed by atoms with Crippen LogP contribution < -0.4 is 24.0 Å². The van der Waals surface area contributed by atoms with E-state index in [0.717, 1.165) is 11.0 Å². The van der Waals surface area contributed by atoms with Crippen molar-refractivity contribution in [3.8, 4) is 0 Å². The van der Waals surface area contributed by atoms with Gasteiger partial charge in [-0.2, -0.15) is 0 Å². The Bertz CT molecular complexity index is 210. The molecule has 0 aromatic carbocycles. The van der Waals surface area contributed by atoms with Gasteiger partial charge in [0.05, 0.1) is 20.6 Å². The van der Waals surface area contributed by atoms with Crippen molar-refractivity contribution in [3.05, 3.63) is 0 Å². The highest BCUT2D eigenvalue weighted by atomic mass is 127. The van der Waals surface area contributed by atoms with Crippen LogP contribution in [0.25, 0.3) is 0 Å². The van der Waals surface area contributed by atoms with Gasteiger partial charge in [-0.25, -0.2) is 0 Å². The van der Waals surface area contributed by atoms with Crippen LogP contribution in [0.15, 0.2) is 0 Å². The zero-order chi connectivity index (χ0) is 15.8. The Balaban J connectivity index is 0. The van der Waals surface area contributed by atoms with Crippen molar-refractivity contribution in [2.24, 2.45) is 0 Å². The second-order valence-electron chi connectivity index (χ2n) is 7.40. The van der Waals surface area contributed by atoms with Crippen molar-refractivity contribution in [2.75, 3.05) is 27.4 Å². The predicted octanol–water partition coefficient (Wildman–Crippen LogP) is 2.50. The van der Waals surface area contributed by atoms with Gasteiger partial charge >= 0.3 is 0 Å². The minimum Gasteiger partial charge on any atom is -1.00 e. The first-order chi connectivity index (χ1) is 10.1. The van der Waals surface area contributed by atoms with Gasteiger partial charge in [0.25, 0.3) is 0 Å². The molecule has 0 rings (SSSR count). The molecule has 0 heterocycles. The molecule has 0 aromatic heterocycles. The van der Waals surface area contributed by atoms with Crippen LogP contribution in [0.1, 0.15) is 96.8 Å². The average molecular weight is 427 g/mol. The van der Waals surface area contributed by atoms with Crippen molar-refractivity contribution in [2.45, 2.75) is 96.8 Å². The highest BCUT2D eigenvalue weighted by molar-refractivity contribution is 4.49. The molecule has 0 bridgehead atoms. The Morgan fingerprint density at radius 2 is 0.909 bits per heavy atom. The lowest BCUT2D eigenvalue weighted by atomic mass is 10.0. The zero-order valence-corrected chi connectivity index (χ0v) is 17.7. The maximum atomic E-state index is 9.17. The molecule has 0 radical (unpaired) electrons. The van der Waals surface area contributed by atoms with Crippen LogP contribution in [0.3, 0.4) is 0 Å². The average Bonchev–Trinajstić information content (AvgIpc) is 2.47. The van der Waals surface area contributed by atoms with E-state index < -0.39 is 0 Å². The summed E-state index contributed by atoms with van der Waals surface area (Å²) in [6, 6.07) is 0. The maximum absolute atomic E-state index is 9.17. The molecule has 136 valence electrons. The molecular formula is C19H42INO. The molecule has 0 saturated heterocycles. The van der Waals surface area contributed by atoms with E-state index >= 15 is 0 Å². The van der Waals surface area contributed by atoms with Gasteiger partial charge in [0.15, 0.2) is 6.73 Å². The molecule has 0 atom stereocenters. The van der Waals surface area contributed by atoms with Gasteiger partial charge in [0.2, 0.25) is 0 Å². The number of hydrogen-bond acceptors (Lipinski definition) is 1. The van der Waals surface area contributed by atoms with E-state index in [9.17, 15) is 5.11 Å². The molecule has 0 amide bonds. The third kappa shape index (κ3) is 18.7. The summed E-state index contributed by atoms with van der Waals surface area (Å²) in [4.78, 5) is 0. The van der Waals surface area contributed by atoms with Gasteiger partial charge in [-0.1, -0.05) is 84.0 Å². The quantitative estimate of drug-likeness (QED) is 0.174. The molecule has 0 aliphatic heterocycles. The topological polar surface area (TPSA) is 20.2 Å². The largest absolute Gasteiger partial charge is 1.00 e. The van der Waals surface area contributed by atoms with Crippen molar-refractivity contribution < 1.29 is 33.6 Å². The second-order valence-corrected chi connectivity index (χ2v) is 7.40. The molecule has 0 aliphatic carbocycles. The molecule has 0 unspecified atom stereocenters. The summed E-state index contributed by atoms with van der Waals surface area (Å²) in [6.45, 7) is 3.65. The Morgan fingerprint density at radius 1 is 0.591 bits per heavy atom. The Morgan fingerprint density at radius 3 is 1.23 bits per heavy atom. The summed E-state index contributed by atoms with van der Waals surface area (Å²) in [7, 11) is 4.20. The first-order valence-electron chi connectivity index (χ1n) is 9.55. The van der Waals surface area contributed by atoms with Crippen molar-refractivity contribution in [1.29, 1.82) is 0 Å². The van der Waals surface area contributed by atoms with E-state index in [1.165, 1.54) is 89.9 Å². The third-order valence-corrected chi connectivity index (χ3v) is 4.50. The fraction of sp³-hybridized carbons (Fsp3) is 1.00. The smallest absolute Gasteiger partial charge is 0.179 e. The van der Waals surface area contributed by atoms with Crippen LogP contribution in [-0.2, 0) is 0 Å². The van der Waals surface area contributed by atoms with E-state index in [1.807, 2.05) is 0 Å². The van der Waals surface area contributed by atoms with Gasteiger partial charge < -0.3 is 33.6 Å². The standard InChI is InChI=1S/C19H42NO.HI/c1-4-5-6-7-8-9-10-11-12-13-14-15-16-17-18-20(2,3)19-21;/h21H,4-19H2,1-3H3;1H/q+1;/p-1. The number of rotatable bonds is 16. The zero-order valence-electron chi connectivity index (χ0n) is 15.6. The molecule has 0 saturated carbocycles. The van der Waals surface area contributed by atoms with Crippen molar-refractivity contribution in [1.82, 2.24) is 0 Å². The third-order valence-electron chi connectivity index (χ3n) is 4.50. The molecule has 22 heavy (non-hydrogen) atoms. The minimum atomic E-state index is 0. The van der Waals surface area contributed by atoms with E-state index in [2.05, 4.69) is 21.0 Å². The summed E-state index contributed by atoms with van der Waals surface area (Å²) < 4.78 is 0.748. The SMILES string of the molecule is CCCCCCCCCCCCCCCC[N+](C)(C)CO.[I-]. The fourth-order valence-corrected chi connectivity index (χ4v) is 2.81. The number of unbranched alkanes of at least 4 members (excludes halogenated alkanes) is 13. The van der Waals surface area contributed by atoms with E-state index in [1.54, 1.807) is 0 Å². The summed E-state index contributed by atoms with van der Waals surface area (Å²) in [5, 5.41) is 9.17. The lowest BCUT2D eigenvalue weighted by Crippen LogP contribution is -3.00. The number of aliphatic hydroxyl groups is 1. The van der Waals surface area contributed by atoms with E-state index in [4.69, 9.17) is 0 Å². The van der Waals surface area contributed by atoms with Crippen LogP contribution in [0.5, 0.6) is 0 Å². The molecular weight excluding hydrogens is 385 g/mol. The second kappa shape index (κ2) is 18.0. The van der Waals surface area contributed by atoms with E-state index in [-0.39, 0.29) is 30.7 Å². The Labute approximate surface area is 157 Å². The molecule has 2 nitrogen and oxygen atoms in total. The van der Waals surface area contributed by atoms with Gasteiger partial charge in [-0.15, -0.1) is 0 Å². The number of aliphatic hydroxyl groups excluding tert-OH is 1. The van der Waals surface area contributed by atoms with Gasteiger partial charge in [0.1, 0.15) is 0 Å². The van der Waals surface area contributed by atoms with Crippen LogP contribution >= 0.6 is 0 Å². The molecule has 0 fully saturated rings.